The quantitative estimate of drug-likeness (QED) is 0.877. The van der Waals surface area contributed by atoms with Gasteiger partial charge in [-0.2, -0.15) is 0 Å². The summed E-state index contributed by atoms with van der Waals surface area (Å²) in [4.78, 5) is 0. The summed E-state index contributed by atoms with van der Waals surface area (Å²) in [6.45, 7) is 3.01. The van der Waals surface area contributed by atoms with Crippen LogP contribution in [0.3, 0.4) is 0 Å². The highest BCUT2D eigenvalue weighted by Crippen LogP contribution is 2.61. The molecule has 4 atom stereocenters. The minimum absolute atomic E-state index is 0.294. The summed E-state index contributed by atoms with van der Waals surface area (Å²) in [6.07, 6.45) is 4.52. The summed E-state index contributed by atoms with van der Waals surface area (Å²) in [7, 11) is -2.88. The van der Waals surface area contributed by atoms with Gasteiger partial charge in [0.15, 0.2) is 0 Å². The molecule has 0 heterocycles. The topological polar surface area (TPSA) is 46.2 Å². The first-order valence-electron chi connectivity index (χ1n) is 8.00. The molecule has 3 nitrogen and oxygen atoms in total. The molecule has 1 aromatic rings. The van der Waals surface area contributed by atoms with Gasteiger partial charge in [0.1, 0.15) is 9.84 Å². The fourth-order valence-electron chi connectivity index (χ4n) is 4.20. The van der Waals surface area contributed by atoms with E-state index in [0.29, 0.717) is 23.6 Å². The Morgan fingerprint density at radius 3 is 2.81 bits per heavy atom. The lowest BCUT2D eigenvalue weighted by Crippen LogP contribution is -2.33. The number of fused-ring (bicyclic) bond motifs is 3. The molecule has 0 amide bonds. The second-order valence-electron chi connectivity index (χ2n) is 6.59. The zero-order valence-electron chi connectivity index (χ0n) is 12.9. The molecule has 1 fully saturated rings. The van der Waals surface area contributed by atoms with Gasteiger partial charge in [0.05, 0.1) is 5.75 Å². The van der Waals surface area contributed by atoms with Crippen molar-refractivity contribution in [3.05, 3.63) is 35.4 Å². The zero-order valence-corrected chi connectivity index (χ0v) is 13.7. The van der Waals surface area contributed by atoms with Crippen LogP contribution in [0.15, 0.2) is 24.3 Å². The smallest absolute Gasteiger partial charge is 0.147 e. The Hall–Kier alpha value is -0.870. The van der Waals surface area contributed by atoms with E-state index >= 15 is 0 Å². The summed E-state index contributed by atoms with van der Waals surface area (Å²) in [5, 5.41) is 3.54. The molecule has 21 heavy (non-hydrogen) atoms. The van der Waals surface area contributed by atoms with Crippen LogP contribution in [-0.2, 0) is 16.3 Å². The third-order valence-corrected chi connectivity index (χ3v) is 6.10. The average Bonchev–Trinajstić information content (AvgIpc) is 3.17. The van der Waals surface area contributed by atoms with Crippen molar-refractivity contribution in [3.8, 4) is 0 Å². The first kappa shape index (κ1) is 15.0. The molecular weight excluding hydrogens is 282 g/mol. The Kier molecular flexibility index (Phi) is 4.10. The normalized spacial score (nSPS) is 28.6. The Morgan fingerprint density at radius 2 is 2.10 bits per heavy atom. The maximum Gasteiger partial charge on any atom is 0.147 e. The van der Waals surface area contributed by atoms with E-state index in [2.05, 4.69) is 36.5 Å². The molecular formula is C17H25NO2S. The third-order valence-electron chi connectivity index (χ3n) is 5.12. The van der Waals surface area contributed by atoms with Crippen molar-refractivity contribution >= 4 is 9.84 Å². The van der Waals surface area contributed by atoms with Crippen LogP contribution >= 0.6 is 0 Å². The van der Waals surface area contributed by atoms with Gasteiger partial charge in [-0.15, -0.1) is 0 Å². The van der Waals surface area contributed by atoms with Crippen molar-refractivity contribution < 1.29 is 8.42 Å². The molecule has 0 saturated heterocycles. The van der Waals surface area contributed by atoms with Crippen LogP contribution in [0.4, 0.5) is 0 Å². The van der Waals surface area contributed by atoms with Gasteiger partial charge >= 0.3 is 0 Å². The van der Waals surface area contributed by atoms with Crippen LogP contribution in [-0.4, -0.2) is 33.0 Å². The average molecular weight is 307 g/mol. The van der Waals surface area contributed by atoms with Crippen molar-refractivity contribution in [2.45, 2.75) is 38.1 Å². The van der Waals surface area contributed by atoms with Gasteiger partial charge in [-0.3, -0.25) is 0 Å². The van der Waals surface area contributed by atoms with Crippen LogP contribution in [0.5, 0.6) is 0 Å². The molecule has 4 unspecified atom stereocenters. The minimum Gasteiger partial charge on any atom is -0.314 e. The van der Waals surface area contributed by atoms with Crippen LogP contribution in [0.2, 0.25) is 0 Å². The second-order valence-corrected chi connectivity index (χ2v) is 8.85. The van der Waals surface area contributed by atoms with Crippen LogP contribution in [0.25, 0.3) is 0 Å². The SMILES string of the molecule is CCNC(CCS(C)(=O)=O)C1C2CCc3ccccc3C21. The number of aryl methyl sites for hydroxylation is 1. The van der Waals surface area contributed by atoms with Gasteiger partial charge in [0, 0.05) is 12.3 Å². The summed E-state index contributed by atoms with van der Waals surface area (Å²) in [5.41, 5.74) is 3.01. The predicted octanol–water partition coefficient (Wildman–Crippen LogP) is 2.38. The van der Waals surface area contributed by atoms with Gasteiger partial charge in [-0.1, -0.05) is 31.2 Å². The van der Waals surface area contributed by atoms with Gasteiger partial charge in [-0.05, 0) is 54.7 Å². The lowest BCUT2D eigenvalue weighted by molar-refractivity contribution is 0.432. The van der Waals surface area contributed by atoms with Crippen molar-refractivity contribution in [3.63, 3.8) is 0 Å². The molecule has 2 aliphatic carbocycles. The van der Waals surface area contributed by atoms with Gasteiger partial charge in [0.2, 0.25) is 0 Å². The van der Waals surface area contributed by atoms with E-state index < -0.39 is 9.84 Å². The third kappa shape index (κ3) is 3.16. The number of nitrogens with one attached hydrogen (secondary N) is 1. The van der Waals surface area contributed by atoms with Crippen LogP contribution < -0.4 is 5.32 Å². The van der Waals surface area contributed by atoms with E-state index in [0.717, 1.165) is 18.9 Å². The molecule has 1 saturated carbocycles. The van der Waals surface area contributed by atoms with Gasteiger partial charge in [0.25, 0.3) is 0 Å². The molecule has 3 rings (SSSR count). The Labute approximate surface area is 128 Å². The van der Waals surface area contributed by atoms with E-state index in [9.17, 15) is 8.42 Å². The molecule has 0 bridgehead atoms. The molecule has 2 aliphatic rings. The first-order valence-corrected chi connectivity index (χ1v) is 10.1. The largest absolute Gasteiger partial charge is 0.314 e. The summed E-state index contributed by atoms with van der Waals surface area (Å²) < 4.78 is 22.9. The lowest BCUT2D eigenvalue weighted by atomic mass is 9.92. The Balaban J connectivity index is 1.74. The van der Waals surface area contributed by atoms with Crippen molar-refractivity contribution in [2.75, 3.05) is 18.6 Å². The Bertz CT molecular complexity index is 611. The highest BCUT2D eigenvalue weighted by atomic mass is 32.2. The predicted molar refractivity (Wildman–Crippen MR) is 86.3 cm³/mol. The molecule has 0 aliphatic heterocycles. The summed E-state index contributed by atoms with van der Waals surface area (Å²) in [6, 6.07) is 9.12. The van der Waals surface area contributed by atoms with E-state index in [4.69, 9.17) is 0 Å². The summed E-state index contributed by atoms with van der Waals surface area (Å²) >= 11 is 0. The number of benzene rings is 1. The fraction of sp³-hybridized carbons (Fsp3) is 0.647. The maximum atomic E-state index is 11.5. The second kappa shape index (κ2) is 5.73. The molecule has 0 spiro atoms. The first-order chi connectivity index (χ1) is 10.0. The lowest BCUT2D eigenvalue weighted by Gasteiger charge is -2.18. The number of rotatable bonds is 6. The number of sulfone groups is 1. The van der Waals surface area contributed by atoms with E-state index in [-0.39, 0.29) is 0 Å². The standard InChI is InChI=1S/C17H25NO2S/c1-3-18-15(10-11-21(2,19)20)17-14-9-8-12-6-4-5-7-13(12)16(14)17/h4-7,14-18H,3,8-11H2,1-2H3. The highest BCUT2D eigenvalue weighted by Gasteiger charge is 2.55. The van der Waals surface area contributed by atoms with E-state index in [1.54, 1.807) is 0 Å². The highest BCUT2D eigenvalue weighted by molar-refractivity contribution is 7.90. The fourth-order valence-corrected chi connectivity index (χ4v) is 4.88. The zero-order chi connectivity index (χ0) is 15.0. The van der Waals surface area contributed by atoms with Gasteiger partial charge < -0.3 is 5.32 Å². The van der Waals surface area contributed by atoms with Crippen LogP contribution in [0, 0.1) is 11.8 Å². The molecule has 116 valence electrons. The molecule has 4 heteroatoms. The van der Waals surface area contributed by atoms with Crippen molar-refractivity contribution in [1.29, 1.82) is 0 Å². The Morgan fingerprint density at radius 1 is 1.33 bits per heavy atom. The van der Waals surface area contributed by atoms with Crippen molar-refractivity contribution in [1.82, 2.24) is 5.32 Å². The molecule has 1 aromatic carbocycles. The van der Waals surface area contributed by atoms with Gasteiger partial charge in [-0.25, -0.2) is 8.42 Å². The molecule has 0 aromatic heterocycles. The van der Waals surface area contributed by atoms with E-state index in [1.807, 2.05) is 0 Å². The molecule has 0 radical (unpaired) electrons. The monoisotopic (exact) mass is 307 g/mol. The summed E-state index contributed by atoms with van der Waals surface area (Å²) in [5.74, 6) is 2.32. The van der Waals surface area contributed by atoms with Crippen molar-refractivity contribution in [2.24, 2.45) is 11.8 Å². The number of hydrogen-bond acceptors (Lipinski definition) is 3. The maximum absolute atomic E-state index is 11.5. The van der Waals surface area contributed by atoms with E-state index in [1.165, 1.54) is 30.2 Å². The minimum atomic E-state index is -2.88. The number of hydrogen-bond donors (Lipinski definition) is 1. The molecule has 1 N–H and O–H groups in total. The van der Waals surface area contributed by atoms with Crippen LogP contribution in [0.1, 0.15) is 36.8 Å².